The summed E-state index contributed by atoms with van der Waals surface area (Å²) in [6.07, 6.45) is 0. The number of benzene rings is 1. The van der Waals surface area contributed by atoms with Crippen molar-refractivity contribution in [2.45, 2.75) is 39.0 Å². The first-order valence-corrected chi connectivity index (χ1v) is 8.88. The Morgan fingerprint density at radius 3 is 2.25 bits per heavy atom. The molecule has 7 heteroatoms. The zero-order valence-corrected chi connectivity index (χ0v) is 15.3. The molecule has 0 aliphatic carbocycles. The minimum atomic E-state index is -0.416. The van der Waals surface area contributed by atoms with Gasteiger partial charge in [-0.15, -0.1) is 11.8 Å². The monoisotopic (exact) mass is 351 g/mol. The quantitative estimate of drug-likeness (QED) is 0.665. The van der Waals surface area contributed by atoms with Crippen LogP contribution in [0.3, 0.4) is 0 Å². The molecule has 132 valence electrons. The second-order valence-corrected chi connectivity index (χ2v) is 7.14. The predicted molar refractivity (Wildman–Crippen MR) is 98.0 cm³/mol. The van der Waals surface area contributed by atoms with Crippen LogP contribution in [0.2, 0.25) is 0 Å². The molecule has 0 saturated heterocycles. The smallest absolute Gasteiger partial charge is 0.239 e. The van der Waals surface area contributed by atoms with Gasteiger partial charge in [0.25, 0.3) is 0 Å². The predicted octanol–water partition coefficient (Wildman–Crippen LogP) is 1.70. The third-order valence-corrected chi connectivity index (χ3v) is 4.18. The molecule has 0 radical (unpaired) electrons. The molecule has 0 heterocycles. The SMILES string of the molecule is Cc1ccc(NC(=O)CS[C@H](C)C(=O)NCC(=O)NC(C)C)cc1. The van der Waals surface area contributed by atoms with Crippen LogP contribution in [0.4, 0.5) is 5.69 Å². The van der Waals surface area contributed by atoms with Gasteiger partial charge in [-0.25, -0.2) is 0 Å². The van der Waals surface area contributed by atoms with E-state index in [1.165, 1.54) is 11.8 Å². The van der Waals surface area contributed by atoms with Crippen LogP contribution >= 0.6 is 11.8 Å². The Morgan fingerprint density at radius 1 is 1.04 bits per heavy atom. The van der Waals surface area contributed by atoms with Gasteiger partial charge in [0.05, 0.1) is 17.5 Å². The van der Waals surface area contributed by atoms with Crippen LogP contribution in [0, 0.1) is 6.92 Å². The largest absolute Gasteiger partial charge is 0.352 e. The minimum absolute atomic E-state index is 0.0340. The highest BCUT2D eigenvalue weighted by atomic mass is 32.2. The van der Waals surface area contributed by atoms with E-state index in [9.17, 15) is 14.4 Å². The summed E-state index contributed by atoms with van der Waals surface area (Å²) < 4.78 is 0. The summed E-state index contributed by atoms with van der Waals surface area (Å²) in [7, 11) is 0. The minimum Gasteiger partial charge on any atom is -0.352 e. The van der Waals surface area contributed by atoms with Gasteiger partial charge in [0, 0.05) is 11.7 Å². The highest BCUT2D eigenvalue weighted by Crippen LogP contribution is 2.13. The lowest BCUT2D eigenvalue weighted by Crippen LogP contribution is -2.42. The number of nitrogens with one attached hydrogen (secondary N) is 3. The summed E-state index contributed by atoms with van der Waals surface area (Å²) >= 11 is 1.22. The molecule has 1 atom stereocenters. The maximum absolute atomic E-state index is 11.9. The van der Waals surface area contributed by atoms with E-state index in [1.807, 2.05) is 45.0 Å². The molecule has 1 rings (SSSR count). The summed E-state index contributed by atoms with van der Waals surface area (Å²) in [6, 6.07) is 7.54. The van der Waals surface area contributed by atoms with Gasteiger partial charge in [0.2, 0.25) is 17.7 Å². The van der Waals surface area contributed by atoms with Crippen LogP contribution in [0.1, 0.15) is 26.3 Å². The van der Waals surface area contributed by atoms with E-state index < -0.39 is 5.25 Å². The normalized spacial score (nSPS) is 11.7. The molecule has 0 aromatic heterocycles. The standard InChI is InChI=1S/C17H25N3O3S/c1-11(2)19-15(21)9-18-17(23)13(4)24-10-16(22)20-14-7-5-12(3)6-8-14/h5-8,11,13H,9-10H2,1-4H3,(H,18,23)(H,19,21)(H,20,22)/t13-/m1/s1. The van der Waals surface area contributed by atoms with Crippen molar-refractivity contribution in [2.24, 2.45) is 0 Å². The van der Waals surface area contributed by atoms with Crippen LogP contribution < -0.4 is 16.0 Å². The number of rotatable bonds is 8. The molecule has 1 aromatic carbocycles. The molecule has 0 unspecified atom stereocenters. The molecule has 0 spiro atoms. The number of hydrogen-bond acceptors (Lipinski definition) is 4. The first kappa shape index (κ1) is 20.0. The first-order valence-electron chi connectivity index (χ1n) is 7.83. The zero-order valence-electron chi connectivity index (χ0n) is 14.5. The number of hydrogen-bond donors (Lipinski definition) is 3. The Hall–Kier alpha value is -2.02. The fraction of sp³-hybridized carbons (Fsp3) is 0.471. The van der Waals surface area contributed by atoms with Gasteiger partial charge in [0.15, 0.2) is 0 Å². The molecule has 0 fully saturated rings. The van der Waals surface area contributed by atoms with Gasteiger partial charge in [-0.2, -0.15) is 0 Å². The van der Waals surface area contributed by atoms with Crippen molar-refractivity contribution in [3.63, 3.8) is 0 Å². The number of aryl methyl sites for hydroxylation is 1. The van der Waals surface area contributed by atoms with Crippen molar-refractivity contribution in [2.75, 3.05) is 17.6 Å². The molecule has 0 aliphatic heterocycles. The van der Waals surface area contributed by atoms with Crippen molar-refractivity contribution in [3.05, 3.63) is 29.8 Å². The molecule has 6 nitrogen and oxygen atoms in total. The Kier molecular flexibility index (Phi) is 8.32. The lowest BCUT2D eigenvalue weighted by Gasteiger charge is -2.13. The van der Waals surface area contributed by atoms with Crippen LogP contribution in [-0.4, -0.2) is 41.3 Å². The van der Waals surface area contributed by atoms with Crippen LogP contribution in [0.5, 0.6) is 0 Å². The molecular formula is C17H25N3O3S. The Labute approximate surface area is 147 Å². The summed E-state index contributed by atoms with van der Waals surface area (Å²) in [6.45, 7) is 7.33. The van der Waals surface area contributed by atoms with Gasteiger partial charge >= 0.3 is 0 Å². The van der Waals surface area contributed by atoms with E-state index in [4.69, 9.17) is 0 Å². The second-order valence-electron chi connectivity index (χ2n) is 5.81. The number of amides is 3. The molecule has 0 aliphatic rings. The molecule has 1 aromatic rings. The van der Waals surface area contributed by atoms with E-state index >= 15 is 0 Å². The fourth-order valence-electron chi connectivity index (χ4n) is 1.79. The van der Waals surface area contributed by atoms with Crippen LogP contribution in [-0.2, 0) is 14.4 Å². The van der Waals surface area contributed by atoms with Gasteiger partial charge < -0.3 is 16.0 Å². The zero-order chi connectivity index (χ0) is 18.1. The highest BCUT2D eigenvalue weighted by molar-refractivity contribution is 8.01. The van der Waals surface area contributed by atoms with Crippen molar-refractivity contribution < 1.29 is 14.4 Å². The molecule has 0 bridgehead atoms. The Morgan fingerprint density at radius 2 is 1.67 bits per heavy atom. The van der Waals surface area contributed by atoms with Gasteiger partial charge in [-0.05, 0) is 39.8 Å². The summed E-state index contributed by atoms with van der Waals surface area (Å²) in [5.41, 5.74) is 1.85. The summed E-state index contributed by atoms with van der Waals surface area (Å²) in [4.78, 5) is 35.3. The number of anilines is 1. The van der Waals surface area contributed by atoms with Crippen molar-refractivity contribution in [3.8, 4) is 0 Å². The lowest BCUT2D eigenvalue weighted by atomic mass is 10.2. The third kappa shape index (κ3) is 8.01. The summed E-state index contributed by atoms with van der Waals surface area (Å²) in [5.74, 6) is -0.489. The Balaban J connectivity index is 2.29. The van der Waals surface area contributed by atoms with E-state index in [-0.39, 0.29) is 36.1 Å². The van der Waals surface area contributed by atoms with E-state index in [2.05, 4.69) is 16.0 Å². The van der Waals surface area contributed by atoms with Crippen molar-refractivity contribution in [1.29, 1.82) is 0 Å². The molecule has 3 N–H and O–H groups in total. The number of thioether (sulfide) groups is 1. The van der Waals surface area contributed by atoms with Gasteiger partial charge in [0.1, 0.15) is 0 Å². The van der Waals surface area contributed by atoms with Crippen LogP contribution in [0.15, 0.2) is 24.3 Å². The molecule has 0 saturated carbocycles. The molecular weight excluding hydrogens is 326 g/mol. The Bertz CT molecular complexity index is 573. The maximum Gasteiger partial charge on any atom is 0.239 e. The fourth-order valence-corrected chi connectivity index (χ4v) is 2.50. The van der Waals surface area contributed by atoms with Crippen molar-refractivity contribution >= 4 is 35.2 Å². The van der Waals surface area contributed by atoms with E-state index in [0.717, 1.165) is 11.3 Å². The highest BCUT2D eigenvalue weighted by Gasteiger charge is 2.16. The van der Waals surface area contributed by atoms with Gasteiger partial charge in [-0.1, -0.05) is 17.7 Å². The summed E-state index contributed by atoms with van der Waals surface area (Å²) in [5, 5.41) is 7.62. The maximum atomic E-state index is 11.9. The van der Waals surface area contributed by atoms with E-state index in [1.54, 1.807) is 6.92 Å². The lowest BCUT2D eigenvalue weighted by molar-refractivity contribution is -0.125. The first-order chi connectivity index (χ1) is 11.3. The topological polar surface area (TPSA) is 87.3 Å². The molecule has 24 heavy (non-hydrogen) atoms. The van der Waals surface area contributed by atoms with E-state index in [0.29, 0.717) is 0 Å². The average Bonchev–Trinajstić information content (AvgIpc) is 2.51. The number of carbonyl (C=O) groups is 3. The van der Waals surface area contributed by atoms with Crippen LogP contribution in [0.25, 0.3) is 0 Å². The van der Waals surface area contributed by atoms with Gasteiger partial charge in [-0.3, -0.25) is 14.4 Å². The van der Waals surface area contributed by atoms with Crippen molar-refractivity contribution in [1.82, 2.24) is 10.6 Å². The number of carbonyl (C=O) groups excluding carboxylic acids is 3. The molecule has 3 amide bonds. The second kappa shape index (κ2) is 9.97. The third-order valence-electron chi connectivity index (χ3n) is 3.04. The average molecular weight is 351 g/mol.